The number of benzene rings is 1. The van der Waals surface area contributed by atoms with Crippen molar-refractivity contribution in [3.8, 4) is 0 Å². The molecule has 44 heavy (non-hydrogen) atoms. The van der Waals surface area contributed by atoms with Gasteiger partial charge in [-0.05, 0) is 111 Å². The van der Waals surface area contributed by atoms with E-state index >= 15 is 0 Å². The Kier molecular flexibility index (Phi) is 10.8. The average Bonchev–Trinajstić information content (AvgIpc) is 3.68. The number of hydrogen-bond acceptors (Lipinski definition) is 6. The molecular weight excluding hydrogens is 561 g/mol. The minimum atomic E-state index is -0.494. The third-order valence-corrected chi connectivity index (χ3v) is 10.6. The molecule has 0 N–H and O–H groups in total. The fraction of sp³-hybridized carbons (Fsp3) is 0.694. The zero-order chi connectivity index (χ0) is 31.4. The Bertz CT molecular complexity index is 1290. The number of alkyl halides is 1. The van der Waals surface area contributed by atoms with Gasteiger partial charge in [0.05, 0.1) is 25.4 Å². The third-order valence-electron chi connectivity index (χ3n) is 10.6. The first-order chi connectivity index (χ1) is 21.2. The lowest BCUT2D eigenvalue weighted by molar-refractivity contribution is -0.143. The van der Waals surface area contributed by atoms with Gasteiger partial charge < -0.3 is 18.8 Å². The van der Waals surface area contributed by atoms with Crippen molar-refractivity contribution >= 4 is 28.6 Å². The van der Waals surface area contributed by atoms with E-state index in [-0.39, 0.29) is 60.3 Å². The van der Waals surface area contributed by atoms with Crippen molar-refractivity contribution in [3.63, 3.8) is 0 Å². The SMILES string of the molecule is COC1CCC([C@@H]2CCN(C(=O)C3CCC([C@H](C)CF)CC3)[C@@H]2C(=O)Cc2ccc3oc(C(=O)OCC(C)C)cc3c2)CC1. The average molecular weight is 612 g/mol. The van der Waals surface area contributed by atoms with Crippen molar-refractivity contribution in [1.82, 2.24) is 4.90 Å². The van der Waals surface area contributed by atoms with E-state index in [0.717, 1.165) is 68.7 Å². The van der Waals surface area contributed by atoms with Gasteiger partial charge in [-0.1, -0.05) is 26.8 Å². The number of furan rings is 1. The van der Waals surface area contributed by atoms with Crippen molar-refractivity contribution in [3.05, 3.63) is 35.6 Å². The highest BCUT2D eigenvalue weighted by molar-refractivity contribution is 5.94. The van der Waals surface area contributed by atoms with Crippen LogP contribution in [0.5, 0.6) is 0 Å². The molecule has 0 spiro atoms. The van der Waals surface area contributed by atoms with E-state index in [1.807, 2.05) is 37.8 Å². The van der Waals surface area contributed by atoms with Gasteiger partial charge in [-0.2, -0.15) is 0 Å². The summed E-state index contributed by atoms with van der Waals surface area (Å²) in [5.41, 5.74) is 1.41. The number of halogens is 1. The van der Waals surface area contributed by atoms with Crippen LogP contribution in [0.15, 0.2) is 28.7 Å². The third kappa shape index (κ3) is 7.38. The van der Waals surface area contributed by atoms with Gasteiger partial charge in [-0.15, -0.1) is 0 Å². The summed E-state index contributed by atoms with van der Waals surface area (Å²) in [6.07, 6.45) is 8.62. The Hall–Kier alpha value is -2.74. The molecule has 1 amide bonds. The fourth-order valence-corrected chi connectivity index (χ4v) is 7.94. The van der Waals surface area contributed by atoms with Crippen LogP contribution in [0.3, 0.4) is 0 Å². The van der Waals surface area contributed by atoms with Gasteiger partial charge in [0.25, 0.3) is 0 Å². The van der Waals surface area contributed by atoms with E-state index in [9.17, 15) is 18.8 Å². The molecule has 2 heterocycles. The molecule has 1 aromatic carbocycles. The normalized spacial score (nSPS) is 28.4. The Morgan fingerprint density at radius 2 is 1.70 bits per heavy atom. The second-order valence-corrected chi connectivity index (χ2v) is 14.1. The van der Waals surface area contributed by atoms with Crippen LogP contribution in [0, 0.1) is 35.5 Å². The number of esters is 1. The van der Waals surface area contributed by atoms with E-state index in [1.165, 1.54) is 0 Å². The number of ether oxygens (including phenoxy) is 2. The summed E-state index contributed by atoms with van der Waals surface area (Å²) in [6, 6.07) is 6.82. The van der Waals surface area contributed by atoms with Crippen LogP contribution in [0.2, 0.25) is 0 Å². The number of amides is 1. The molecule has 0 radical (unpaired) electrons. The second-order valence-electron chi connectivity index (χ2n) is 14.1. The van der Waals surface area contributed by atoms with Gasteiger partial charge in [-0.25, -0.2) is 4.79 Å². The first-order valence-corrected chi connectivity index (χ1v) is 16.8. The van der Waals surface area contributed by atoms with Crippen molar-refractivity contribution < 1.29 is 32.7 Å². The highest BCUT2D eigenvalue weighted by atomic mass is 19.1. The largest absolute Gasteiger partial charge is 0.460 e. The predicted octanol–water partition coefficient (Wildman–Crippen LogP) is 7.19. The summed E-state index contributed by atoms with van der Waals surface area (Å²) < 4.78 is 30.0. The molecular formula is C36H50FNO6. The van der Waals surface area contributed by atoms with Crippen molar-refractivity contribution in [2.24, 2.45) is 35.5 Å². The molecule has 1 aromatic heterocycles. The fourth-order valence-electron chi connectivity index (χ4n) is 7.94. The topological polar surface area (TPSA) is 86.0 Å². The molecule has 3 aliphatic rings. The number of carbonyl (C=O) groups excluding carboxylic acids is 3. The highest BCUT2D eigenvalue weighted by Gasteiger charge is 2.47. The molecule has 2 saturated carbocycles. The zero-order valence-electron chi connectivity index (χ0n) is 26.9. The van der Waals surface area contributed by atoms with Crippen LogP contribution in [0.4, 0.5) is 4.39 Å². The van der Waals surface area contributed by atoms with Crippen LogP contribution >= 0.6 is 0 Å². The van der Waals surface area contributed by atoms with Crippen LogP contribution in [-0.2, 0) is 25.5 Å². The predicted molar refractivity (Wildman–Crippen MR) is 167 cm³/mol. The van der Waals surface area contributed by atoms with Gasteiger partial charge in [0.2, 0.25) is 11.7 Å². The summed E-state index contributed by atoms with van der Waals surface area (Å²) in [7, 11) is 1.77. The Labute approximate surface area is 261 Å². The molecule has 3 fully saturated rings. The zero-order valence-corrected chi connectivity index (χ0v) is 26.9. The number of Topliss-reactive ketones (excluding diaryl/α,β-unsaturated/α-hetero) is 1. The van der Waals surface area contributed by atoms with Gasteiger partial charge >= 0.3 is 5.97 Å². The maximum absolute atomic E-state index is 14.2. The molecule has 7 nitrogen and oxygen atoms in total. The highest BCUT2D eigenvalue weighted by Crippen LogP contribution is 2.42. The Morgan fingerprint density at radius 1 is 0.977 bits per heavy atom. The molecule has 3 atom stereocenters. The van der Waals surface area contributed by atoms with Crippen LogP contribution in [0.25, 0.3) is 11.0 Å². The van der Waals surface area contributed by atoms with Crippen molar-refractivity contribution in [2.75, 3.05) is 26.9 Å². The lowest BCUT2D eigenvalue weighted by Crippen LogP contribution is -2.48. The molecule has 2 aliphatic carbocycles. The summed E-state index contributed by atoms with van der Waals surface area (Å²) in [5, 5.41) is 0.750. The van der Waals surface area contributed by atoms with Crippen molar-refractivity contribution in [2.45, 2.75) is 97.1 Å². The summed E-state index contributed by atoms with van der Waals surface area (Å²) in [6.45, 7) is 6.54. The number of methoxy groups -OCH3 is 1. The van der Waals surface area contributed by atoms with E-state index in [1.54, 1.807) is 19.2 Å². The molecule has 2 aromatic rings. The van der Waals surface area contributed by atoms with Gasteiger partial charge in [0, 0.05) is 31.4 Å². The monoisotopic (exact) mass is 611 g/mol. The summed E-state index contributed by atoms with van der Waals surface area (Å²) in [4.78, 5) is 42.6. The standard InChI is InChI=1S/C36H50FNO6/c1-22(2)21-43-36(41)33-19-28-17-24(5-14-32(28)44-33)18-31(39)34-30(26-10-12-29(42-4)13-11-26)15-16-38(34)35(40)27-8-6-25(7-9-27)23(3)20-37/h5,14,17,19,22-23,25-27,29-30,34H,6-13,15-16,18,20-21H2,1-4H3/t23-,25?,26?,27?,29?,30+,34+/m1/s1. The van der Waals surface area contributed by atoms with E-state index < -0.39 is 12.0 Å². The van der Waals surface area contributed by atoms with E-state index in [2.05, 4.69) is 0 Å². The number of hydrogen-bond donors (Lipinski definition) is 0. The van der Waals surface area contributed by atoms with Crippen LogP contribution in [-0.4, -0.2) is 61.6 Å². The van der Waals surface area contributed by atoms with Crippen LogP contribution < -0.4 is 0 Å². The van der Waals surface area contributed by atoms with E-state index in [4.69, 9.17) is 13.9 Å². The van der Waals surface area contributed by atoms with Crippen molar-refractivity contribution in [1.29, 1.82) is 0 Å². The summed E-state index contributed by atoms with van der Waals surface area (Å²) in [5.74, 6) is 0.885. The molecule has 5 rings (SSSR count). The number of fused-ring (bicyclic) bond motifs is 1. The molecule has 0 unspecified atom stereocenters. The number of likely N-dealkylation sites (tertiary alicyclic amines) is 1. The molecule has 1 saturated heterocycles. The smallest absolute Gasteiger partial charge is 0.374 e. The summed E-state index contributed by atoms with van der Waals surface area (Å²) >= 11 is 0. The first-order valence-electron chi connectivity index (χ1n) is 16.8. The maximum atomic E-state index is 14.2. The lowest BCUT2D eigenvalue weighted by Gasteiger charge is -2.37. The minimum absolute atomic E-state index is 0.0353. The molecule has 0 bridgehead atoms. The quantitative estimate of drug-likeness (QED) is 0.250. The molecule has 242 valence electrons. The number of ketones is 1. The van der Waals surface area contributed by atoms with E-state index in [0.29, 0.717) is 30.6 Å². The number of rotatable bonds is 11. The first kappa shape index (κ1) is 32.6. The number of nitrogens with zero attached hydrogens (tertiary/aromatic N) is 1. The molecule has 1 aliphatic heterocycles. The van der Waals surface area contributed by atoms with Gasteiger partial charge in [0.15, 0.2) is 5.78 Å². The molecule has 8 heteroatoms. The van der Waals surface area contributed by atoms with Gasteiger partial charge in [-0.3, -0.25) is 14.0 Å². The number of carbonyl (C=O) groups is 3. The lowest BCUT2D eigenvalue weighted by atomic mass is 9.74. The van der Waals surface area contributed by atoms with Gasteiger partial charge in [0.1, 0.15) is 5.58 Å². The Morgan fingerprint density at radius 3 is 2.36 bits per heavy atom. The second kappa shape index (κ2) is 14.6. The Balaban J connectivity index is 1.32. The maximum Gasteiger partial charge on any atom is 0.374 e. The van der Waals surface area contributed by atoms with Crippen LogP contribution in [0.1, 0.15) is 94.7 Å². The minimum Gasteiger partial charge on any atom is -0.460 e.